The Hall–Kier alpha value is -3.02. The minimum Gasteiger partial charge on any atom is -0.345 e. The first-order valence-corrected chi connectivity index (χ1v) is 10.1. The number of nitrogens with zero attached hydrogens (tertiary/aromatic N) is 1. The fourth-order valence-electron chi connectivity index (χ4n) is 3.54. The van der Waals surface area contributed by atoms with E-state index < -0.39 is 0 Å². The number of carbonyl (C=O) groups is 3. The molecule has 0 unspecified atom stereocenters. The number of benzene rings is 2. The molecule has 1 N–H and O–H groups in total. The molecule has 1 aliphatic rings. The monoisotopic (exact) mass is 410 g/mol. The summed E-state index contributed by atoms with van der Waals surface area (Å²) in [5.74, 6) is -0.865. The summed E-state index contributed by atoms with van der Waals surface area (Å²) in [5, 5.41) is 3.05. The molecule has 0 bridgehead atoms. The molecule has 5 nitrogen and oxygen atoms in total. The van der Waals surface area contributed by atoms with Crippen molar-refractivity contribution in [2.24, 2.45) is 5.41 Å². The number of hydrogen-bond donors (Lipinski definition) is 1. The van der Waals surface area contributed by atoms with Crippen LogP contribution in [0, 0.1) is 11.2 Å². The average molecular weight is 410 g/mol. The molecule has 3 rings (SSSR count). The molecule has 1 heterocycles. The molecular weight excluding hydrogens is 383 g/mol. The van der Waals surface area contributed by atoms with E-state index in [1.807, 2.05) is 0 Å². The van der Waals surface area contributed by atoms with Crippen LogP contribution in [-0.2, 0) is 16.1 Å². The Morgan fingerprint density at radius 3 is 2.10 bits per heavy atom. The Kier molecular flexibility index (Phi) is 6.34. The molecule has 0 radical (unpaired) electrons. The van der Waals surface area contributed by atoms with Crippen molar-refractivity contribution in [2.45, 2.75) is 52.6 Å². The second-order valence-corrected chi connectivity index (χ2v) is 8.91. The van der Waals surface area contributed by atoms with Crippen molar-refractivity contribution in [1.29, 1.82) is 0 Å². The molecule has 6 heteroatoms. The average Bonchev–Trinajstić information content (AvgIpc) is 2.99. The van der Waals surface area contributed by atoms with Crippen molar-refractivity contribution in [2.75, 3.05) is 0 Å². The molecule has 0 saturated carbocycles. The molecule has 0 aliphatic carbocycles. The number of imide groups is 1. The molecule has 3 amide bonds. The first kappa shape index (κ1) is 21.7. The molecule has 1 saturated heterocycles. The van der Waals surface area contributed by atoms with Gasteiger partial charge in [0, 0.05) is 18.4 Å². The van der Waals surface area contributed by atoms with E-state index in [2.05, 4.69) is 26.1 Å². The summed E-state index contributed by atoms with van der Waals surface area (Å²) in [6.45, 7) is 6.49. The van der Waals surface area contributed by atoms with Crippen molar-refractivity contribution in [3.63, 3.8) is 0 Å². The summed E-state index contributed by atoms with van der Waals surface area (Å²) in [4.78, 5) is 37.6. The zero-order valence-corrected chi connectivity index (χ0v) is 17.6. The lowest BCUT2D eigenvalue weighted by atomic mass is 9.85. The van der Waals surface area contributed by atoms with Crippen LogP contribution in [0.1, 0.15) is 67.6 Å². The van der Waals surface area contributed by atoms with Gasteiger partial charge in [0.05, 0.1) is 12.6 Å². The predicted molar refractivity (Wildman–Crippen MR) is 112 cm³/mol. The number of hydrogen-bond acceptors (Lipinski definition) is 3. The van der Waals surface area contributed by atoms with E-state index in [0.29, 0.717) is 12.0 Å². The third-order valence-electron chi connectivity index (χ3n) is 5.11. The third kappa shape index (κ3) is 5.53. The van der Waals surface area contributed by atoms with E-state index in [1.165, 1.54) is 17.0 Å². The molecule has 2 aromatic rings. The van der Waals surface area contributed by atoms with Gasteiger partial charge in [0.2, 0.25) is 11.8 Å². The van der Waals surface area contributed by atoms with E-state index in [0.717, 1.165) is 11.1 Å². The molecule has 1 atom stereocenters. The van der Waals surface area contributed by atoms with Gasteiger partial charge in [-0.05, 0) is 47.2 Å². The third-order valence-corrected chi connectivity index (χ3v) is 5.11. The van der Waals surface area contributed by atoms with Crippen molar-refractivity contribution < 1.29 is 18.8 Å². The van der Waals surface area contributed by atoms with Gasteiger partial charge in [-0.1, -0.05) is 45.0 Å². The highest BCUT2D eigenvalue weighted by Gasteiger charge is 2.28. The van der Waals surface area contributed by atoms with E-state index in [4.69, 9.17) is 0 Å². The highest BCUT2D eigenvalue weighted by atomic mass is 19.1. The quantitative estimate of drug-likeness (QED) is 0.719. The minimum atomic E-state index is -0.315. The van der Waals surface area contributed by atoms with Gasteiger partial charge in [-0.3, -0.25) is 19.3 Å². The van der Waals surface area contributed by atoms with E-state index in [-0.39, 0.29) is 54.4 Å². The van der Waals surface area contributed by atoms with Gasteiger partial charge in [0.25, 0.3) is 5.91 Å². The first-order valence-electron chi connectivity index (χ1n) is 10.1. The molecule has 0 aromatic heterocycles. The number of halogens is 1. The van der Waals surface area contributed by atoms with Crippen LogP contribution >= 0.6 is 0 Å². The maximum Gasteiger partial charge on any atom is 0.251 e. The van der Waals surface area contributed by atoms with Gasteiger partial charge >= 0.3 is 0 Å². The zero-order chi connectivity index (χ0) is 21.9. The Balaban J connectivity index is 1.71. The van der Waals surface area contributed by atoms with Gasteiger partial charge in [-0.2, -0.15) is 0 Å². The maximum atomic E-state index is 13.3. The largest absolute Gasteiger partial charge is 0.345 e. The SMILES string of the molecule is CC(C)(C)C[C@@H](NC(=O)c1ccc(CN2C(=O)CCC2=O)cc1)c1ccc(F)cc1. The molecule has 0 spiro atoms. The summed E-state index contributed by atoms with van der Waals surface area (Å²) in [7, 11) is 0. The van der Waals surface area contributed by atoms with Crippen LogP contribution < -0.4 is 5.32 Å². The van der Waals surface area contributed by atoms with Crippen LogP contribution in [0.3, 0.4) is 0 Å². The van der Waals surface area contributed by atoms with Crippen molar-refractivity contribution >= 4 is 17.7 Å². The van der Waals surface area contributed by atoms with E-state index in [9.17, 15) is 18.8 Å². The summed E-state index contributed by atoms with van der Waals surface area (Å²) in [6, 6.07) is 12.8. The number of likely N-dealkylation sites (tertiary alicyclic amines) is 1. The van der Waals surface area contributed by atoms with Crippen molar-refractivity contribution in [1.82, 2.24) is 10.2 Å². The van der Waals surface area contributed by atoms with E-state index >= 15 is 0 Å². The molecular formula is C24H27FN2O3. The minimum absolute atomic E-state index is 0.0367. The second kappa shape index (κ2) is 8.78. The van der Waals surface area contributed by atoms with Crippen LogP contribution in [0.4, 0.5) is 4.39 Å². The maximum absolute atomic E-state index is 13.3. The lowest BCUT2D eigenvalue weighted by Crippen LogP contribution is -2.31. The fraction of sp³-hybridized carbons (Fsp3) is 0.375. The fourth-order valence-corrected chi connectivity index (χ4v) is 3.54. The summed E-state index contributed by atoms with van der Waals surface area (Å²) >= 11 is 0. The first-order chi connectivity index (χ1) is 14.1. The topological polar surface area (TPSA) is 66.5 Å². The molecule has 1 aliphatic heterocycles. The number of rotatable bonds is 6. The van der Waals surface area contributed by atoms with Gasteiger partial charge in [-0.25, -0.2) is 4.39 Å². The number of nitrogens with one attached hydrogen (secondary N) is 1. The van der Waals surface area contributed by atoms with Crippen LogP contribution in [0.25, 0.3) is 0 Å². The second-order valence-electron chi connectivity index (χ2n) is 8.91. The summed E-state index contributed by atoms with van der Waals surface area (Å²) in [5.41, 5.74) is 2.09. The highest BCUT2D eigenvalue weighted by molar-refractivity contribution is 6.01. The Morgan fingerprint density at radius 1 is 1.00 bits per heavy atom. The van der Waals surface area contributed by atoms with Crippen LogP contribution in [-0.4, -0.2) is 22.6 Å². The lowest BCUT2D eigenvalue weighted by molar-refractivity contribution is -0.139. The van der Waals surface area contributed by atoms with Gasteiger partial charge in [-0.15, -0.1) is 0 Å². The molecule has 30 heavy (non-hydrogen) atoms. The highest BCUT2D eigenvalue weighted by Crippen LogP contribution is 2.30. The van der Waals surface area contributed by atoms with Crippen molar-refractivity contribution in [3.05, 3.63) is 71.0 Å². The van der Waals surface area contributed by atoms with Crippen LogP contribution in [0.5, 0.6) is 0 Å². The molecule has 2 aromatic carbocycles. The molecule has 1 fully saturated rings. The predicted octanol–water partition coefficient (Wildman–Crippen LogP) is 4.38. The Morgan fingerprint density at radius 2 is 1.57 bits per heavy atom. The molecule has 158 valence electrons. The van der Waals surface area contributed by atoms with E-state index in [1.54, 1.807) is 36.4 Å². The van der Waals surface area contributed by atoms with Gasteiger partial charge in [0.15, 0.2) is 0 Å². The number of amides is 3. The van der Waals surface area contributed by atoms with Gasteiger partial charge in [0.1, 0.15) is 5.82 Å². The smallest absolute Gasteiger partial charge is 0.251 e. The summed E-state index contributed by atoms with van der Waals surface area (Å²) < 4.78 is 13.3. The van der Waals surface area contributed by atoms with Crippen LogP contribution in [0.2, 0.25) is 0 Å². The Bertz CT molecular complexity index is 914. The standard InChI is InChI=1S/C24H27FN2O3/c1-24(2,3)14-20(17-8-10-19(25)11-9-17)26-23(30)18-6-4-16(5-7-18)15-27-21(28)12-13-22(27)29/h4-11,20H,12-15H2,1-3H3,(H,26,30)/t20-/m1/s1. The normalized spacial score (nSPS) is 15.4. The zero-order valence-electron chi connectivity index (χ0n) is 17.6. The van der Waals surface area contributed by atoms with Crippen molar-refractivity contribution in [3.8, 4) is 0 Å². The van der Waals surface area contributed by atoms with Gasteiger partial charge < -0.3 is 5.32 Å². The number of carbonyl (C=O) groups excluding carboxylic acids is 3. The Labute approximate surface area is 176 Å². The summed E-state index contributed by atoms with van der Waals surface area (Å²) in [6.07, 6.45) is 1.22. The lowest BCUT2D eigenvalue weighted by Gasteiger charge is -2.27. The van der Waals surface area contributed by atoms with Crippen LogP contribution in [0.15, 0.2) is 48.5 Å².